The van der Waals surface area contributed by atoms with Crippen molar-refractivity contribution in [3.63, 3.8) is 0 Å². The minimum Gasteiger partial charge on any atom is -0.477 e. The van der Waals surface area contributed by atoms with Gasteiger partial charge in [-0.1, -0.05) is 43.9 Å². The number of aromatic nitrogens is 2. The monoisotopic (exact) mass is 381 g/mol. The third-order valence-corrected chi connectivity index (χ3v) is 4.19. The number of nitrogens with zero attached hydrogens (tertiary/aromatic N) is 3. The summed E-state index contributed by atoms with van der Waals surface area (Å²) in [7, 11) is 0. The van der Waals surface area contributed by atoms with E-state index in [1.54, 1.807) is 4.90 Å². The maximum absolute atomic E-state index is 13.3. The van der Waals surface area contributed by atoms with Crippen LogP contribution < -0.4 is 9.64 Å². The van der Waals surface area contributed by atoms with Crippen LogP contribution in [0.5, 0.6) is 5.88 Å². The van der Waals surface area contributed by atoms with Crippen LogP contribution in [0.2, 0.25) is 0 Å². The van der Waals surface area contributed by atoms with E-state index in [9.17, 15) is 13.2 Å². The molecule has 0 aliphatic carbocycles. The highest BCUT2D eigenvalue weighted by Crippen LogP contribution is 2.36. The number of anilines is 2. The molecule has 2 rings (SSSR count). The van der Waals surface area contributed by atoms with E-state index in [1.807, 2.05) is 38.1 Å². The van der Waals surface area contributed by atoms with E-state index in [-0.39, 0.29) is 12.6 Å². The second kappa shape index (κ2) is 9.58. The summed E-state index contributed by atoms with van der Waals surface area (Å²) in [5.74, 6) is -0.215. The molecular weight excluding hydrogens is 355 g/mol. The highest BCUT2D eigenvalue weighted by molar-refractivity contribution is 5.58. The fraction of sp³-hybridized carbons (Fsp3) is 0.500. The van der Waals surface area contributed by atoms with Gasteiger partial charge in [0.15, 0.2) is 0 Å². The van der Waals surface area contributed by atoms with E-state index in [2.05, 4.69) is 16.9 Å². The van der Waals surface area contributed by atoms with Crippen molar-refractivity contribution in [2.45, 2.75) is 52.6 Å². The predicted molar refractivity (Wildman–Crippen MR) is 101 cm³/mol. The van der Waals surface area contributed by atoms with Crippen LogP contribution in [0.4, 0.5) is 24.8 Å². The van der Waals surface area contributed by atoms with Crippen LogP contribution in [0.25, 0.3) is 0 Å². The van der Waals surface area contributed by atoms with Crippen LogP contribution in [0, 0.1) is 6.92 Å². The van der Waals surface area contributed by atoms with Crippen molar-refractivity contribution in [3.8, 4) is 5.88 Å². The standard InChI is InChI=1S/C20H26F3N3O/c1-4-6-7-8-13-27-18-17(20(21,22)23)14-24-19(25-18)26(5-2)16-11-9-15(3)10-12-16/h9-12,14H,4-8,13H2,1-3H3. The van der Waals surface area contributed by atoms with E-state index in [0.717, 1.165) is 36.7 Å². The average molecular weight is 381 g/mol. The molecular formula is C20H26F3N3O. The Morgan fingerprint density at radius 2 is 1.74 bits per heavy atom. The van der Waals surface area contributed by atoms with Gasteiger partial charge in [-0.3, -0.25) is 0 Å². The number of rotatable bonds is 9. The van der Waals surface area contributed by atoms with Crippen molar-refractivity contribution in [2.24, 2.45) is 0 Å². The van der Waals surface area contributed by atoms with Gasteiger partial charge in [0.2, 0.25) is 11.8 Å². The van der Waals surface area contributed by atoms with E-state index in [4.69, 9.17) is 4.74 Å². The van der Waals surface area contributed by atoms with Crippen molar-refractivity contribution < 1.29 is 17.9 Å². The van der Waals surface area contributed by atoms with Gasteiger partial charge in [-0.15, -0.1) is 0 Å². The summed E-state index contributed by atoms with van der Waals surface area (Å²) in [6.45, 7) is 6.66. The lowest BCUT2D eigenvalue weighted by atomic mass is 10.2. The average Bonchev–Trinajstić information content (AvgIpc) is 2.63. The number of aryl methyl sites for hydroxylation is 1. The zero-order valence-corrected chi connectivity index (χ0v) is 16.0. The van der Waals surface area contributed by atoms with Crippen molar-refractivity contribution in [2.75, 3.05) is 18.1 Å². The van der Waals surface area contributed by atoms with Gasteiger partial charge in [0.05, 0.1) is 6.61 Å². The molecule has 1 aromatic carbocycles. The fourth-order valence-electron chi connectivity index (χ4n) is 2.65. The Balaban J connectivity index is 2.28. The van der Waals surface area contributed by atoms with Gasteiger partial charge in [-0.05, 0) is 32.4 Å². The molecule has 27 heavy (non-hydrogen) atoms. The molecule has 0 amide bonds. The Hall–Kier alpha value is -2.31. The lowest BCUT2D eigenvalue weighted by Crippen LogP contribution is -2.21. The van der Waals surface area contributed by atoms with Crippen molar-refractivity contribution in [1.29, 1.82) is 0 Å². The highest BCUT2D eigenvalue weighted by Gasteiger charge is 2.36. The van der Waals surface area contributed by atoms with Gasteiger partial charge in [0.25, 0.3) is 0 Å². The zero-order valence-electron chi connectivity index (χ0n) is 16.0. The number of halogens is 3. The Kier molecular flexibility index (Phi) is 7.45. The van der Waals surface area contributed by atoms with Gasteiger partial charge >= 0.3 is 6.18 Å². The van der Waals surface area contributed by atoms with Gasteiger partial charge in [0, 0.05) is 18.4 Å². The molecule has 0 radical (unpaired) electrons. The summed E-state index contributed by atoms with van der Waals surface area (Å²) in [6.07, 6.45) is -0.0616. The molecule has 0 saturated heterocycles. The zero-order chi connectivity index (χ0) is 19.9. The fourth-order valence-corrected chi connectivity index (χ4v) is 2.65. The number of benzene rings is 1. The predicted octanol–water partition coefficient (Wildman–Crippen LogP) is 5.92. The molecule has 0 bridgehead atoms. The van der Waals surface area contributed by atoms with E-state index in [1.165, 1.54) is 0 Å². The molecule has 148 valence electrons. The molecule has 1 heterocycles. The van der Waals surface area contributed by atoms with E-state index in [0.29, 0.717) is 13.0 Å². The summed E-state index contributed by atoms with van der Waals surface area (Å²) < 4.78 is 45.3. The molecule has 0 aliphatic heterocycles. The molecule has 0 saturated carbocycles. The first-order chi connectivity index (χ1) is 12.9. The Morgan fingerprint density at radius 1 is 1.04 bits per heavy atom. The first-order valence-corrected chi connectivity index (χ1v) is 9.28. The maximum atomic E-state index is 13.3. The smallest absolute Gasteiger partial charge is 0.423 e. The largest absolute Gasteiger partial charge is 0.477 e. The number of alkyl halides is 3. The molecule has 7 heteroatoms. The second-order valence-corrected chi connectivity index (χ2v) is 6.38. The van der Waals surface area contributed by atoms with Gasteiger partial charge in [-0.25, -0.2) is 4.98 Å². The minimum absolute atomic E-state index is 0.193. The number of hydrogen-bond donors (Lipinski definition) is 0. The van der Waals surface area contributed by atoms with Crippen molar-refractivity contribution in [3.05, 3.63) is 41.6 Å². The first-order valence-electron chi connectivity index (χ1n) is 9.28. The van der Waals surface area contributed by atoms with Crippen LogP contribution in [-0.2, 0) is 6.18 Å². The molecule has 0 fully saturated rings. The summed E-state index contributed by atoms with van der Waals surface area (Å²) in [5, 5.41) is 0. The third-order valence-electron chi connectivity index (χ3n) is 4.19. The lowest BCUT2D eigenvalue weighted by molar-refractivity contribution is -0.139. The minimum atomic E-state index is -4.56. The van der Waals surface area contributed by atoms with Crippen LogP contribution in [0.3, 0.4) is 0 Å². The molecule has 0 unspecified atom stereocenters. The Bertz CT molecular complexity index is 717. The van der Waals surface area contributed by atoms with Crippen molar-refractivity contribution >= 4 is 11.6 Å². The maximum Gasteiger partial charge on any atom is 0.423 e. The molecule has 0 atom stereocenters. The quantitative estimate of drug-likeness (QED) is 0.505. The summed E-state index contributed by atoms with van der Waals surface area (Å²) in [5.41, 5.74) is 0.970. The Labute approximate surface area is 158 Å². The van der Waals surface area contributed by atoms with Crippen LogP contribution in [-0.4, -0.2) is 23.1 Å². The SMILES string of the molecule is CCCCCCOc1nc(N(CC)c2ccc(C)cc2)ncc1C(F)(F)F. The van der Waals surface area contributed by atoms with Gasteiger partial charge in [-0.2, -0.15) is 18.2 Å². The van der Waals surface area contributed by atoms with E-state index < -0.39 is 17.6 Å². The van der Waals surface area contributed by atoms with Crippen LogP contribution in [0.1, 0.15) is 50.7 Å². The summed E-state index contributed by atoms with van der Waals surface area (Å²) >= 11 is 0. The van der Waals surface area contributed by atoms with Crippen LogP contribution in [0.15, 0.2) is 30.5 Å². The molecule has 0 aliphatic rings. The van der Waals surface area contributed by atoms with Crippen molar-refractivity contribution in [1.82, 2.24) is 9.97 Å². The molecule has 1 aromatic heterocycles. The van der Waals surface area contributed by atoms with Gasteiger partial charge in [0.1, 0.15) is 5.56 Å². The number of unbranched alkanes of at least 4 members (excludes halogenated alkanes) is 3. The summed E-state index contributed by atoms with van der Waals surface area (Å²) in [4.78, 5) is 9.80. The Morgan fingerprint density at radius 3 is 2.33 bits per heavy atom. The molecule has 0 spiro atoms. The third kappa shape index (κ3) is 5.84. The topological polar surface area (TPSA) is 38.2 Å². The summed E-state index contributed by atoms with van der Waals surface area (Å²) in [6, 6.07) is 7.66. The van der Waals surface area contributed by atoms with Crippen LogP contribution >= 0.6 is 0 Å². The molecule has 4 nitrogen and oxygen atoms in total. The second-order valence-electron chi connectivity index (χ2n) is 6.38. The first kappa shape index (κ1) is 21.0. The lowest BCUT2D eigenvalue weighted by Gasteiger charge is -2.22. The molecule has 2 aromatic rings. The number of hydrogen-bond acceptors (Lipinski definition) is 4. The molecule has 0 N–H and O–H groups in total. The number of ether oxygens (including phenoxy) is 1. The highest BCUT2D eigenvalue weighted by atomic mass is 19.4. The van der Waals surface area contributed by atoms with E-state index >= 15 is 0 Å². The van der Waals surface area contributed by atoms with Gasteiger partial charge < -0.3 is 9.64 Å². The normalized spacial score (nSPS) is 11.5.